The van der Waals surface area contributed by atoms with Crippen LogP contribution in [-0.2, 0) is 0 Å². The molecular weight excluding hydrogens is 787 g/mol. The highest BCUT2D eigenvalue weighted by molar-refractivity contribution is 8.00. The molecule has 0 amide bonds. The van der Waals surface area contributed by atoms with Crippen molar-refractivity contribution in [3.63, 3.8) is 0 Å². The van der Waals surface area contributed by atoms with Gasteiger partial charge in [-0.25, -0.2) is 15.0 Å². The van der Waals surface area contributed by atoms with Crippen molar-refractivity contribution in [1.82, 2.24) is 24.1 Å². The van der Waals surface area contributed by atoms with E-state index in [0.29, 0.717) is 17.5 Å². The number of hydrogen-bond donors (Lipinski definition) is 0. The molecule has 13 rings (SSSR count). The fourth-order valence-electron chi connectivity index (χ4n) is 9.49. The Kier molecular flexibility index (Phi) is 8.08. The van der Waals surface area contributed by atoms with Crippen molar-refractivity contribution >= 4 is 55.4 Å². The molecule has 1 aliphatic heterocycles. The van der Waals surface area contributed by atoms with E-state index in [0.717, 1.165) is 49.7 Å². The first-order chi connectivity index (χ1) is 31.2. The van der Waals surface area contributed by atoms with E-state index in [1.54, 1.807) is 11.8 Å². The van der Waals surface area contributed by atoms with Gasteiger partial charge < -0.3 is 0 Å². The van der Waals surface area contributed by atoms with Gasteiger partial charge in [-0.15, -0.1) is 0 Å². The molecule has 0 atom stereocenters. The standard InChI is InChI=1S/C57H35N5S/c1-3-14-36(15-4-1)37-28-32-40(33-29-37)54-58-55(41-34-30-39(31-35-41)44-22-11-17-38-16-7-8-20-43(38)44)60-56(59-54)47-24-12-26-49-53(47)63-50-27-13-23-46-51-45-21-9-10-25-48(45)61(42-18-5-2-6-19-42)57(51)62(49)52(46)50/h1-35H. The summed E-state index contributed by atoms with van der Waals surface area (Å²) in [5.41, 5.74) is 13.2. The van der Waals surface area contributed by atoms with Crippen molar-refractivity contribution in [2.24, 2.45) is 0 Å². The highest BCUT2D eigenvalue weighted by Gasteiger charge is 2.30. The topological polar surface area (TPSA) is 48.5 Å². The highest BCUT2D eigenvalue weighted by atomic mass is 32.2. The minimum absolute atomic E-state index is 0.625. The molecule has 4 heterocycles. The molecule has 0 saturated heterocycles. The van der Waals surface area contributed by atoms with Gasteiger partial charge in [-0.2, -0.15) is 0 Å². The Morgan fingerprint density at radius 2 is 0.921 bits per heavy atom. The van der Waals surface area contributed by atoms with Crippen LogP contribution in [0.2, 0.25) is 0 Å². The highest BCUT2D eigenvalue weighted by Crippen LogP contribution is 2.51. The van der Waals surface area contributed by atoms with Gasteiger partial charge in [0.25, 0.3) is 0 Å². The Bertz CT molecular complexity index is 3730. The lowest BCUT2D eigenvalue weighted by Crippen LogP contribution is -2.07. The van der Waals surface area contributed by atoms with Crippen molar-refractivity contribution in [3.8, 4) is 67.8 Å². The zero-order valence-electron chi connectivity index (χ0n) is 33.9. The van der Waals surface area contributed by atoms with Crippen LogP contribution in [0.25, 0.3) is 111 Å². The molecule has 0 bridgehead atoms. The molecule has 0 aliphatic carbocycles. The maximum Gasteiger partial charge on any atom is 0.165 e. The van der Waals surface area contributed by atoms with E-state index >= 15 is 0 Å². The monoisotopic (exact) mass is 821 g/mol. The van der Waals surface area contributed by atoms with E-state index in [4.69, 9.17) is 15.0 Å². The summed E-state index contributed by atoms with van der Waals surface area (Å²) in [6, 6.07) is 75.4. The second-order valence-corrected chi connectivity index (χ2v) is 17.0. The molecular formula is C57H35N5S. The summed E-state index contributed by atoms with van der Waals surface area (Å²) < 4.78 is 4.89. The number of rotatable bonds is 6. The van der Waals surface area contributed by atoms with Crippen LogP contribution in [0.15, 0.2) is 222 Å². The van der Waals surface area contributed by atoms with E-state index in [-0.39, 0.29) is 0 Å². The fourth-order valence-corrected chi connectivity index (χ4v) is 10.7. The molecule has 63 heavy (non-hydrogen) atoms. The Balaban J connectivity index is 1.01. The summed E-state index contributed by atoms with van der Waals surface area (Å²) in [4.78, 5) is 18.1. The second kappa shape index (κ2) is 14.3. The van der Waals surface area contributed by atoms with Gasteiger partial charge in [0.05, 0.1) is 16.7 Å². The molecule has 0 saturated carbocycles. The Morgan fingerprint density at radius 1 is 0.365 bits per heavy atom. The average molecular weight is 822 g/mol. The van der Waals surface area contributed by atoms with Gasteiger partial charge >= 0.3 is 0 Å². The van der Waals surface area contributed by atoms with Crippen molar-refractivity contribution in [1.29, 1.82) is 0 Å². The third-order valence-electron chi connectivity index (χ3n) is 12.4. The zero-order valence-corrected chi connectivity index (χ0v) is 34.7. The lowest BCUT2D eigenvalue weighted by atomic mass is 9.97. The van der Waals surface area contributed by atoms with E-state index in [9.17, 15) is 0 Å². The maximum atomic E-state index is 5.33. The van der Waals surface area contributed by atoms with Crippen LogP contribution in [-0.4, -0.2) is 24.1 Å². The van der Waals surface area contributed by atoms with Gasteiger partial charge in [0.2, 0.25) is 0 Å². The van der Waals surface area contributed by atoms with Crippen LogP contribution < -0.4 is 0 Å². The number of aromatic nitrogens is 5. The minimum atomic E-state index is 0.625. The Hall–Kier alpha value is -8.06. The van der Waals surface area contributed by atoms with E-state index in [1.165, 1.54) is 54.0 Å². The molecule has 0 fully saturated rings. The van der Waals surface area contributed by atoms with Crippen LogP contribution in [0, 0.1) is 0 Å². The maximum absolute atomic E-state index is 5.33. The number of para-hydroxylation sites is 3. The third-order valence-corrected chi connectivity index (χ3v) is 13.6. The summed E-state index contributed by atoms with van der Waals surface area (Å²) in [6.07, 6.45) is 0. The van der Waals surface area contributed by atoms with Crippen molar-refractivity contribution in [2.75, 3.05) is 0 Å². The molecule has 12 aromatic rings. The molecule has 0 N–H and O–H groups in total. The molecule has 3 aromatic heterocycles. The van der Waals surface area contributed by atoms with Gasteiger partial charge in [0, 0.05) is 48.3 Å². The normalized spacial score (nSPS) is 12.1. The molecule has 1 aliphatic rings. The van der Waals surface area contributed by atoms with Crippen molar-refractivity contribution in [2.45, 2.75) is 9.79 Å². The molecule has 0 unspecified atom stereocenters. The SMILES string of the molecule is c1ccc(-c2ccc(-c3nc(-c4ccc(-c5cccc6ccccc56)cc4)nc(-c4cccc5c4Sc4cccc6c7c8ccccc8n(-c8ccccc8)c7n-5c46)n3)cc2)cc1. The first-order valence-electron chi connectivity index (χ1n) is 21.2. The van der Waals surface area contributed by atoms with Gasteiger partial charge in [0.1, 0.15) is 5.65 Å². The number of hydrogen-bond acceptors (Lipinski definition) is 4. The summed E-state index contributed by atoms with van der Waals surface area (Å²) in [5.74, 6) is 1.88. The van der Waals surface area contributed by atoms with Crippen molar-refractivity contribution < 1.29 is 0 Å². The Morgan fingerprint density at radius 3 is 1.70 bits per heavy atom. The first-order valence-corrected chi connectivity index (χ1v) is 22.0. The predicted molar refractivity (Wildman–Crippen MR) is 260 cm³/mol. The van der Waals surface area contributed by atoms with Gasteiger partial charge in [-0.1, -0.05) is 188 Å². The Labute approximate surface area is 367 Å². The molecule has 0 spiro atoms. The second-order valence-electron chi connectivity index (χ2n) is 16.0. The van der Waals surface area contributed by atoms with E-state index in [2.05, 4.69) is 215 Å². The fraction of sp³-hybridized carbons (Fsp3) is 0. The molecule has 6 heteroatoms. The predicted octanol–water partition coefficient (Wildman–Crippen LogP) is 14.9. The van der Waals surface area contributed by atoms with Gasteiger partial charge in [-0.05, 0) is 69.4 Å². The lowest BCUT2D eigenvalue weighted by Gasteiger charge is -2.23. The van der Waals surface area contributed by atoms with Gasteiger partial charge in [0.15, 0.2) is 17.5 Å². The lowest BCUT2D eigenvalue weighted by molar-refractivity contribution is 1.02. The summed E-state index contributed by atoms with van der Waals surface area (Å²) in [5, 5.41) is 6.18. The average Bonchev–Trinajstić information content (AvgIpc) is 3.88. The van der Waals surface area contributed by atoms with E-state index in [1.807, 2.05) is 6.07 Å². The number of nitrogens with zero attached hydrogens (tertiary/aromatic N) is 5. The third kappa shape index (κ3) is 5.69. The van der Waals surface area contributed by atoms with Crippen LogP contribution in [0.4, 0.5) is 0 Å². The first kappa shape index (κ1) is 35.7. The smallest absolute Gasteiger partial charge is 0.165 e. The van der Waals surface area contributed by atoms with Crippen LogP contribution >= 0.6 is 11.8 Å². The van der Waals surface area contributed by atoms with Crippen molar-refractivity contribution in [3.05, 3.63) is 212 Å². The van der Waals surface area contributed by atoms with Crippen LogP contribution in [0.1, 0.15) is 0 Å². The quantitative estimate of drug-likeness (QED) is 0.168. The number of fused-ring (bicyclic) bond motifs is 8. The molecule has 9 aromatic carbocycles. The summed E-state index contributed by atoms with van der Waals surface area (Å²) in [6.45, 7) is 0. The molecule has 5 nitrogen and oxygen atoms in total. The van der Waals surface area contributed by atoms with Gasteiger partial charge in [-0.3, -0.25) is 9.13 Å². The summed E-state index contributed by atoms with van der Waals surface area (Å²) in [7, 11) is 0. The number of benzene rings is 9. The molecule has 294 valence electrons. The molecule has 0 radical (unpaired) electrons. The van der Waals surface area contributed by atoms with Crippen LogP contribution in [0.3, 0.4) is 0 Å². The zero-order chi connectivity index (χ0) is 41.4. The minimum Gasteiger partial charge on any atom is -0.295 e. The van der Waals surface area contributed by atoms with Crippen LogP contribution in [0.5, 0.6) is 0 Å². The summed E-state index contributed by atoms with van der Waals surface area (Å²) >= 11 is 1.79. The van der Waals surface area contributed by atoms with E-state index < -0.39 is 0 Å². The largest absolute Gasteiger partial charge is 0.295 e.